The van der Waals surface area contributed by atoms with E-state index in [1.807, 2.05) is 27.7 Å². The van der Waals surface area contributed by atoms with Gasteiger partial charge in [-0.3, -0.25) is 4.98 Å². The molecule has 0 aliphatic heterocycles. The Morgan fingerprint density at radius 1 is 1.10 bits per heavy atom. The number of aromatic nitrogens is 3. The number of pyridine rings is 1. The van der Waals surface area contributed by atoms with Crippen molar-refractivity contribution in [3.8, 4) is 0 Å². The van der Waals surface area contributed by atoms with Gasteiger partial charge in [-0.25, -0.2) is 14.4 Å². The van der Waals surface area contributed by atoms with Crippen molar-refractivity contribution in [3.63, 3.8) is 0 Å². The lowest BCUT2D eigenvalue weighted by Gasteiger charge is -2.35. The van der Waals surface area contributed by atoms with Gasteiger partial charge in [-0.15, -0.1) is 0 Å². The Bertz CT molecular complexity index is 1360. The number of benzene rings is 1. The van der Waals surface area contributed by atoms with Crippen molar-refractivity contribution in [2.45, 2.75) is 84.7 Å². The first-order valence-corrected chi connectivity index (χ1v) is 18.4. The smallest absolute Gasteiger partial charge is 0.300 e. The van der Waals surface area contributed by atoms with Crippen LogP contribution in [0.2, 0.25) is 18.1 Å². The Morgan fingerprint density at radius 2 is 1.74 bits per heavy atom. The molecular formula is C28H40F3N4O2PSi. The molecule has 1 N–H and O–H groups in total. The van der Waals surface area contributed by atoms with Gasteiger partial charge in [0.15, 0.2) is 8.32 Å². The third-order valence-electron chi connectivity index (χ3n) is 7.85. The number of hydrogen-bond acceptors (Lipinski definition) is 6. The summed E-state index contributed by atoms with van der Waals surface area (Å²) in [5, 5.41) is 3.76. The fourth-order valence-corrected chi connectivity index (χ4v) is 8.69. The van der Waals surface area contributed by atoms with Crippen molar-refractivity contribution in [1.29, 1.82) is 0 Å². The number of aryl methyl sites for hydroxylation is 1. The number of halogens is 3. The van der Waals surface area contributed by atoms with Crippen LogP contribution in [0.15, 0.2) is 30.5 Å². The van der Waals surface area contributed by atoms with Gasteiger partial charge in [0, 0.05) is 17.1 Å². The zero-order valence-corrected chi connectivity index (χ0v) is 26.0. The molecule has 2 heterocycles. The normalized spacial score (nSPS) is 15.7. The quantitative estimate of drug-likeness (QED) is 0.174. The molecule has 2 unspecified atom stereocenters. The molecule has 0 aliphatic carbocycles. The maximum atomic E-state index is 15.8. The number of alkyl halides is 2. The molecule has 11 heteroatoms. The summed E-state index contributed by atoms with van der Waals surface area (Å²) in [6, 6.07) is 7.21. The minimum Gasteiger partial charge on any atom is -0.408 e. The Labute approximate surface area is 230 Å². The number of rotatable bonds is 12. The third-order valence-corrected chi connectivity index (χ3v) is 15.0. The molecule has 2 aromatic heterocycles. The topological polar surface area (TPSA) is 77.0 Å². The zero-order chi connectivity index (χ0) is 29.2. The maximum absolute atomic E-state index is 15.8. The van der Waals surface area contributed by atoms with E-state index in [1.165, 1.54) is 19.1 Å². The Morgan fingerprint density at radius 3 is 2.33 bits per heavy atom. The van der Waals surface area contributed by atoms with Gasteiger partial charge in [0.1, 0.15) is 36.1 Å². The molecular weight excluding hydrogens is 540 g/mol. The number of nitrogens with zero attached hydrogens (tertiary/aromatic N) is 3. The van der Waals surface area contributed by atoms with Crippen LogP contribution >= 0.6 is 7.14 Å². The highest BCUT2D eigenvalue weighted by Crippen LogP contribution is 2.41. The molecule has 0 saturated heterocycles. The van der Waals surface area contributed by atoms with E-state index in [1.54, 1.807) is 32.8 Å². The van der Waals surface area contributed by atoms with Crippen molar-refractivity contribution in [2.75, 3.05) is 18.1 Å². The number of fused-ring (bicyclic) bond motifs is 1. The summed E-state index contributed by atoms with van der Waals surface area (Å²) >= 11 is 0. The third kappa shape index (κ3) is 6.39. The van der Waals surface area contributed by atoms with Crippen molar-refractivity contribution >= 4 is 37.6 Å². The van der Waals surface area contributed by atoms with E-state index in [0.29, 0.717) is 34.1 Å². The predicted octanol–water partition coefficient (Wildman–Crippen LogP) is 7.79. The SMILES string of the molecule is CC[Si](CC)(CC)OC(C)C(F)(F)c1cccc([C@@H](C)Nc2nc(C)nc3cnc(P(C)(=O)CC)cc23)c1F. The molecule has 0 saturated carbocycles. The molecule has 3 rings (SSSR count). The second-order valence-corrected chi connectivity index (χ2v) is 18.3. The van der Waals surface area contributed by atoms with E-state index in [0.717, 1.165) is 24.2 Å². The fourth-order valence-electron chi connectivity index (χ4n) is 4.76. The number of hydrogen-bond donors (Lipinski definition) is 1. The predicted molar refractivity (Wildman–Crippen MR) is 156 cm³/mol. The van der Waals surface area contributed by atoms with Crippen LogP contribution in [0.3, 0.4) is 0 Å². The second-order valence-electron chi connectivity index (χ2n) is 10.3. The van der Waals surface area contributed by atoms with Crippen LogP contribution in [0.4, 0.5) is 19.0 Å². The van der Waals surface area contributed by atoms with Gasteiger partial charge in [-0.2, -0.15) is 8.78 Å². The highest BCUT2D eigenvalue weighted by atomic mass is 31.2. The molecule has 0 fully saturated rings. The van der Waals surface area contributed by atoms with Gasteiger partial charge in [-0.05, 0) is 57.7 Å². The first-order valence-electron chi connectivity index (χ1n) is 13.6. The van der Waals surface area contributed by atoms with E-state index in [4.69, 9.17) is 4.43 Å². The summed E-state index contributed by atoms with van der Waals surface area (Å²) < 4.78 is 66.1. The average Bonchev–Trinajstić information content (AvgIpc) is 2.91. The van der Waals surface area contributed by atoms with Gasteiger partial charge < -0.3 is 14.3 Å². The highest BCUT2D eigenvalue weighted by Gasteiger charge is 2.46. The van der Waals surface area contributed by atoms with Crippen LogP contribution in [0.25, 0.3) is 10.9 Å². The van der Waals surface area contributed by atoms with E-state index < -0.39 is 44.9 Å². The van der Waals surface area contributed by atoms with Crippen LogP contribution < -0.4 is 10.8 Å². The van der Waals surface area contributed by atoms with Gasteiger partial charge in [0.05, 0.1) is 23.3 Å². The van der Waals surface area contributed by atoms with Crippen LogP contribution in [0.5, 0.6) is 0 Å². The van der Waals surface area contributed by atoms with E-state index in [2.05, 4.69) is 20.3 Å². The van der Waals surface area contributed by atoms with Gasteiger partial charge >= 0.3 is 0 Å². The Hall–Kier alpha value is -2.29. The molecule has 1 aromatic carbocycles. The van der Waals surface area contributed by atoms with Crippen molar-refractivity contribution in [3.05, 3.63) is 53.2 Å². The summed E-state index contributed by atoms with van der Waals surface area (Å²) in [7, 11) is -5.00. The maximum Gasteiger partial charge on any atom is 0.300 e. The monoisotopic (exact) mass is 580 g/mol. The molecule has 0 aliphatic rings. The molecule has 3 atom stereocenters. The highest BCUT2D eigenvalue weighted by molar-refractivity contribution is 7.70. The van der Waals surface area contributed by atoms with Crippen molar-refractivity contribution in [1.82, 2.24) is 15.0 Å². The fraction of sp³-hybridized carbons (Fsp3) is 0.536. The minimum atomic E-state index is -3.52. The summed E-state index contributed by atoms with van der Waals surface area (Å²) in [6.45, 7) is 14.2. The lowest BCUT2D eigenvalue weighted by atomic mass is 9.97. The van der Waals surface area contributed by atoms with Crippen molar-refractivity contribution < 1.29 is 22.2 Å². The molecule has 39 heavy (non-hydrogen) atoms. The van der Waals surface area contributed by atoms with Gasteiger partial charge in [0.25, 0.3) is 5.92 Å². The summed E-state index contributed by atoms with van der Waals surface area (Å²) in [5.41, 5.74) is 0.391. The average molecular weight is 581 g/mol. The molecule has 214 valence electrons. The first kappa shape index (κ1) is 31.2. The van der Waals surface area contributed by atoms with E-state index in [9.17, 15) is 4.57 Å². The minimum absolute atomic E-state index is 0.0813. The summed E-state index contributed by atoms with van der Waals surface area (Å²) in [6.07, 6.45) is 0.542. The first-order chi connectivity index (χ1) is 18.2. The van der Waals surface area contributed by atoms with Gasteiger partial charge in [0.2, 0.25) is 0 Å². The van der Waals surface area contributed by atoms with Gasteiger partial charge in [-0.1, -0.05) is 39.8 Å². The van der Waals surface area contributed by atoms with Crippen molar-refractivity contribution in [2.24, 2.45) is 0 Å². The van der Waals surface area contributed by atoms with Crippen LogP contribution in [0.1, 0.15) is 64.5 Å². The lowest BCUT2D eigenvalue weighted by Crippen LogP contribution is -2.44. The molecule has 0 bridgehead atoms. The number of anilines is 1. The van der Waals surface area contributed by atoms with E-state index in [-0.39, 0.29) is 5.56 Å². The molecule has 0 amide bonds. The molecule has 0 spiro atoms. The standard InChI is InChI=1S/C28H40F3N4O2PSi/c1-9-38(8,36)25-16-22-24(17-32-25)34-20(7)35-27(22)33-18(5)21-14-13-15-23(26(21)29)28(30,31)19(6)37-39(10-2,11-3)12-4/h13-19H,9-12H2,1-8H3,(H,33,34,35)/t18-,19?,38?/m1/s1. The van der Waals surface area contributed by atoms with Crippen LogP contribution in [-0.4, -0.2) is 42.2 Å². The zero-order valence-electron chi connectivity index (χ0n) is 24.1. The Kier molecular flexibility index (Phi) is 9.66. The second kappa shape index (κ2) is 12.1. The number of nitrogens with one attached hydrogen (secondary N) is 1. The molecule has 0 radical (unpaired) electrons. The molecule has 3 aromatic rings. The summed E-state index contributed by atoms with van der Waals surface area (Å²) in [5.74, 6) is -3.64. The molecule has 6 nitrogen and oxygen atoms in total. The Balaban J connectivity index is 1.99. The lowest BCUT2D eigenvalue weighted by molar-refractivity contribution is -0.101. The largest absolute Gasteiger partial charge is 0.408 e. The van der Waals surface area contributed by atoms with Crippen LogP contribution in [-0.2, 0) is 14.9 Å². The van der Waals surface area contributed by atoms with E-state index >= 15 is 13.2 Å². The summed E-state index contributed by atoms with van der Waals surface area (Å²) in [4.78, 5) is 13.2. The van der Waals surface area contributed by atoms with Crippen LogP contribution in [0, 0.1) is 12.7 Å².